The number of fused-ring (bicyclic) bond motifs is 1. The summed E-state index contributed by atoms with van der Waals surface area (Å²) in [6.07, 6.45) is 0.672. The van der Waals surface area contributed by atoms with E-state index in [9.17, 15) is 21.6 Å². The standard InChI is InChI=1S/C20H17Cl2N3O5S3/c1-11(26)18-19(22)14(21)10-16(20(18)25-33(29,30)17-3-2-8-31-17)24-32(27,28)13-4-5-15-12(9-13)6-7-23-15/h2-5,8-10,23-25H,6-7H2,1H3. The van der Waals surface area contributed by atoms with Crippen LogP contribution in [0.25, 0.3) is 0 Å². The maximum absolute atomic E-state index is 13.2. The monoisotopic (exact) mass is 545 g/mol. The van der Waals surface area contributed by atoms with Gasteiger partial charge in [0.1, 0.15) is 4.21 Å². The van der Waals surface area contributed by atoms with E-state index in [0.29, 0.717) is 13.0 Å². The van der Waals surface area contributed by atoms with Crippen molar-refractivity contribution in [2.24, 2.45) is 0 Å². The molecule has 0 saturated carbocycles. The lowest BCUT2D eigenvalue weighted by molar-refractivity contribution is 0.101. The normalized spacial score (nSPS) is 13.3. The minimum atomic E-state index is -4.16. The molecule has 3 aromatic rings. The molecule has 1 aromatic heterocycles. The van der Waals surface area contributed by atoms with Crippen LogP contribution in [-0.2, 0) is 26.5 Å². The molecule has 174 valence electrons. The molecule has 0 spiro atoms. The predicted octanol–water partition coefficient (Wildman–Crippen LogP) is 4.83. The number of rotatable bonds is 7. The Hall–Kier alpha value is -2.31. The highest BCUT2D eigenvalue weighted by atomic mass is 35.5. The van der Waals surface area contributed by atoms with E-state index < -0.39 is 25.8 Å². The molecule has 0 bridgehead atoms. The van der Waals surface area contributed by atoms with Crippen molar-refractivity contribution in [2.75, 3.05) is 21.3 Å². The van der Waals surface area contributed by atoms with Crippen LogP contribution < -0.4 is 14.8 Å². The van der Waals surface area contributed by atoms with E-state index in [1.807, 2.05) is 0 Å². The zero-order valence-electron chi connectivity index (χ0n) is 17.0. The van der Waals surface area contributed by atoms with Gasteiger partial charge in [0.2, 0.25) is 0 Å². The summed E-state index contributed by atoms with van der Waals surface area (Å²) in [6, 6.07) is 8.71. The number of sulfonamides is 2. The number of benzene rings is 2. The van der Waals surface area contributed by atoms with Crippen molar-refractivity contribution in [3.63, 3.8) is 0 Å². The van der Waals surface area contributed by atoms with E-state index in [1.165, 1.54) is 25.1 Å². The van der Waals surface area contributed by atoms with Crippen molar-refractivity contribution < 1.29 is 21.6 Å². The van der Waals surface area contributed by atoms with E-state index in [2.05, 4.69) is 14.8 Å². The largest absolute Gasteiger partial charge is 0.384 e. The van der Waals surface area contributed by atoms with Crippen LogP contribution in [0.3, 0.4) is 0 Å². The first-order valence-electron chi connectivity index (χ1n) is 9.48. The van der Waals surface area contributed by atoms with E-state index >= 15 is 0 Å². The summed E-state index contributed by atoms with van der Waals surface area (Å²) in [6.45, 7) is 1.88. The number of hydrogen-bond acceptors (Lipinski definition) is 7. The Morgan fingerprint density at radius 1 is 1.06 bits per heavy atom. The highest BCUT2D eigenvalue weighted by Crippen LogP contribution is 2.40. The van der Waals surface area contributed by atoms with Crippen molar-refractivity contribution in [3.8, 4) is 0 Å². The quantitative estimate of drug-likeness (QED) is 0.365. The summed E-state index contributed by atoms with van der Waals surface area (Å²) in [7, 11) is -8.30. The Morgan fingerprint density at radius 3 is 2.48 bits per heavy atom. The van der Waals surface area contributed by atoms with Crippen molar-refractivity contribution in [3.05, 3.63) is 63.0 Å². The molecular formula is C20H17Cl2N3O5S3. The number of hydrogen-bond donors (Lipinski definition) is 3. The van der Waals surface area contributed by atoms with Crippen molar-refractivity contribution >= 4 is 77.4 Å². The van der Waals surface area contributed by atoms with Crippen molar-refractivity contribution in [2.45, 2.75) is 22.4 Å². The Labute approximate surface area is 205 Å². The smallest absolute Gasteiger partial charge is 0.271 e. The summed E-state index contributed by atoms with van der Waals surface area (Å²) >= 11 is 13.3. The molecule has 0 radical (unpaired) electrons. The molecule has 2 aromatic carbocycles. The highest BCUT2D eigenvalue weighted by Gasteiger charge is 2.28. The number of halogens is 2. The molecule has 4 rings (SSSR count). The first-order valence-corrected chi connectivity index (χ1v) is 14.1. The van der Waals surface area contributed by atoms with Gasteiger partial charge in [-0.15, -0.1) is 11.3 Å². The first kappa shape index (κ1) is 23.8. The second-order valence-electron chi connectivity index (χ2n) is 7.16. The van der Waals surface area contributed by atoms with Gasteiger partial charge in [-0.1, -0.05) is 29.3 Å². The molecule has 8 nitrogen and oxygen atoms in total. The van der Waals surface area contributed by atoms with E-state index in [0.717, 1.165) is 28.7 Å². The van der Waals surface area contributed by atoms with E-state index in [-0.39, 0.29) is 36.1 Å². The van der Waals surface area contributed by atoms with Gasteiger partial charge in [0, 0.05) is 12.2 Å². The third-order valence-electron chi connectivity index (χ3n) is 4.91. The first-order chi connectivity index (χ1) is 15.5. The van der Waals surface area contributed by atoms with Crippen LogP contribution in [0.2, 0.25) is 10.0 Å². The molecule has 0 amide bonds. The lowest BCUT2D eigenvalue weighted by Crippen LogP contribution is -2.19. The van der Waals surface area contributed by atoms with Crippen molar-refractivity contribution in [1.82, 2.24) is 0 Å². The Balaban J connectivity index is 1.83. The second-order valence-corrected chi connectivity index (χ2v) is 12.5. The van der Waals surface area contributed by atoms with Gasteiger partial charge in [-0.05, 0) is 54.6 Å². The summed E-state index contributed by atoms with van der Waals surface area (Å²) < 4.78 is 56.7. The lowest BCUT2D eigenvalue weighted by atomic mass is 10.1. The number of Topliss-reactive ketones (excluding diaryl/α,β-unsaturated/α-hetero) is 1. The third kappa shape index (κ3) is 4.69. The highest BCUT2D eigenvalue weighted by molar-refractivity contribution is 7.94. The topological polar surface area (TPSA) is 121 Å². The van der Waals surface area contributed by atoms with Crippen LogP contribution >= 0.6 is 34.5 Å². The zero-order valence-corrected chi connectivity index (χ0v) is 20.9. The van der Waals surface area contributed by atoms with Gasteiger partial charge in [-0.2, -0.15) is 0 Å². The van der Waals surface area contributed by atoms with Crippen LogP contribution in [0.15, 0.2) is 50.9 Å². The fourth-order valence-corrected chi connectivity index (χ4v) is 7.08. The second kappa shape index (κ2) is 8.80. The fourth-order valence-electron chi connectivity index (χ4n) is 3.40. The van der Waals surface area contributed by atoms with Crippen LogP contribution in [0.4, 0.5) is 17.1 Å². The Bertz CT molecular complexity index is 1470. The SMILES string of the molecule is CC(=O)c1c(Cl)c(Cl)cc(NS(=O)(=O)c2ccc3c(c2)CCN3)c1NS(=O)(=O)c1cccs1. The van der Waals surface area contributed by atoms with E-state index in [4.69, 9.17) is 23.2 Å². The zero-order chi connectivity index (χ0) is 24.0. The Morgan fingerprint density at radius 2 is 1.82 bits per heavy atom. The number of carbonyl (C=O) groups is 1. The van der Waals surface area contributed by atoms with Gasteiger partial charge < -0.3 is 5.32 Å². The number of carbonyl (C=O) groups excluding carboxylic acids is 1. The molecule has 1 aliphatic rings. The molecule has 33 heavy (non-hydrogen) atoms. The molecule has 0 atom stereocenters. The van der Waals surface area contributed by atoms with E-state index in [1.54, 1.807) is 17.5 Å². The van der Waals surface area contributed by atoms with Gasteiger partial charge in [-0.25, -0.2) is 16.8 Å². The summed E-state index contributed by atoms with van der Waals surface area (Å²) in [5.74, 6) is -0.601. The number of ketones is 1. The summed E-state index contributed by atoms with van der Waals surface area (Å²) in [5, 5.41) is 4.41. The molecule has 13 heteroatoms. The molecular weight excluding hydrogens is 529 g/mol. The van der Waals surface area contributed by atoms with Crippen LogP contribution in [0.5, 0.6) is 0 Å². The third-order valence-corrected chi connectivity index (χ3v) is 9.81. The average Bonchev–Trinajstić information content (AvgIpc) is 3.42. The lowest BCUT2D eigenvalue weighted by Gasteiger charge is -2.19. The van der Waals surface area contributed by atoms with Crippen LogP contribution in [0.1, 0.15) is 22.8 Å². The number of nitrogens with one attached hydrogen (secondary N) is 3. The van der Waals surface area contributed by atoms with Gasteiger partial charge in [0.05, 0.1) is 31.9 Å². The molecule has 2 heterocycles. The van der Waals surface area contributed by atoms with Gasteiger partial charge in [-0.3, -0.25) is 14.2 Å². The maximum atomic E-state index is 13.2. The molecule has 1 aliphatic heterocycles. The van der Waals surface area contributed by atoms with Crippen LogP contribution in [0, 0.1) is 0 Å². The van der Waals surface area contributed by atoms with Gasteiger partial charge in [0.15, 0.2) is 5.78 Å². The van der Waals surface area contributed by atoms with Gasteiger partial charge >= 0.3 is 0 Å². The minimum absolute atomic E-state index is 0.0209. The molecule has 0 saturated heterocycles. The summed E-state index contributed by atoms with van der Waals surface area (Å²) in [4.78, 5) is 12.3. The Kier molecular flexibility index (Phi) is 6.36. The summed E-state index contributed by atoms with van der Waals surface area (Å²) in [5.41, 5.74) is 0.909. The fraction of sp³-hybridized carbons (Fsp3) is 0.150. The maximum Gasteiger partial charge on any atom is 0.271 e. The molecule has 0 aliphatic carbocycles. The number of anilines is 3. The molecule has 3 N–H and O–H groups in total. The molecule has 0 unspecified atom stereocenters. The molecule has 0 fully saturated rings. The average molecular weight is 546 g/mol. The van der Waals surface area contributed by atoms with Gasteiger partial charge in [0.25, 0.3) is 20.0 Å². The van der Waals surface area contributed by atoms with Crippen LogP contribution in [-0.4, -0.2) is 29.2 Å². The van der Waals surface area contributed by atoms with Crippen molar-refractivity contribution in [1.29, 1.82) is 0 Å². The number of thiophene rings is 1. The minimum Gasteiger partial charge on any atom is -0.384 e. The predicted molar refractivity (Wildman–Crippen MR) is 131 cm³/mol.